The average Bonchev–Trinajstić information content (AvgIpc) is 2.14. The van der Waals surface area contributed by atoms with Crippen molar-refractivity contribution in [3.8, 4) is 0 Å². The minimum absolute atomic E-state index is 0.193. The van der Waals surface area contributed by atoms with Crippen molar-refractivity contribution in [2.45, 2.75) is 38.1 Å². The maximum absolute atomic E-state index is 8.90. The van der Waals surface area contributed by atoms with Gasteiger partial charge in [0.1, 0.15) is 0 Å². The average molecular weight is 201 g/mol. The van der Waals surface area contributed by atoms with E-state index < -0.39 is 0 Å². The van der Waals surface area contributed by atoms with E-state index in [-0.39, 0.29) is 12.6 Å². The van der Waals surface area contributed by atoms with Gasteiger partial charge in [0, 0.05) is 19.3 Å². The lowest BCUT2D eigenvalue weighted by molar-refractivity contribution is 0.0933. The first kappa shape index (κ1) is 12.0. The standard InChI is InChI=1S/C11H23NO2/c1-12-11(9-13)6-8-14-7-5-10-3-2-4-10/h10-13H,2-9H2,1H3. The van der Waals surface area contributed by atoms with Crippen LogP contribution in [0.2, 0.25) is 0 Å². The summed E-state index contributed by atoms with van der Waals surface area (Å²) in [7, 11) is 1.87. The highest BCUT2D eigenvalue weighted by Crippen LogP contribution is 2.29. The molecule has 1 atom stereocenters. The summed E-state index contributed by atoms with van der Waals surface area (Å²) >= 11 is 0. The largest absolute Gasteiger partial charge is 0.395 e. The van der Waals surface area contributed by atoms with E-state index in [4.69, 9.17) is 9.84 Å². The van der Waals surface area contributed by atoms with E-state index in [1.165, 1.54) is 25.7 Å². The number of ether oxygens (including phenoxy) is 1. The Kier molecular flexibility index (Phi) is 6.15. The van der Waals surface area contributed by atoms with Gasteiger partial charge in [-0.1, -0.05) is 19.3 Å². The Bertz CT molecular complexity index is 133. The lowest BCUT2D eigenvalue weighted by Gasteiger charge is -2.25. The first-order chi connectivity index (χ1) is 6.86. The predicted octanol–water partition coefficient (Wildman–Crippen LogP) is 1.16. The van der Waals surface area contributed by atoms with Crippen LogP contribution in [-0.4, -0.2) is 38.0 Å². The molecule has 84 valence electrons. The van der Waals surface area contributed by atoms with Gasteiger partial charge >= 0.3 is 0 Å². The SMILES string of the molecule is CNC(CO)CCOCCC1CCC1. The van der Waals surface area contributed by atoms with Gasteiger partial charge in [0.15, 0.2) is 0 Å². The molecule has 0 saturated heterocycles. The number of hydrogen-bond donors (Lipinski definition) is 2. The van der Waals surface area contributed by atoms with Crippen LogP contribution in [0.15, 0.2) is 0 Å². The van der Waals surface area contributed by atoms with E-state index in [0.29, 0.717) is 0 Å². The summed E-state index contributed by atoms with van der Waals surface area (Å²) in [6.45, 7) is 1.85. The van der Waals surface area contributed by atoms with Crippen LogP contribution in [0.4, 0.5) is 0 Å². The van der Waals surface area contributed by atoms with Gasteiger partial charge in [0.2, 0.25) is 0 Å². The fourth-order valence-electron chi connectivity index (χ4n) is 1.69. The number of likely N-dealkylation sites (N-methyl/N-ethyl adjacent to an activating group) is 1. The molecule has 0 bridgehead atoms. The molecule has 3 nitrogen and oxygen atoms in total. The second kappa shape index (κ2) is 7.21. The molecule has 0 aromatic rings. The third kappa shape index (κ3) is 4.40. The van der Waals surface area contributed by atoms with Gasteiger partial charge < -0.3 is 15.2 Å². The molecule has 1 rings (SSSR count). The normalized spacial score (nSPS) is 19.3. The molecular formula is C11H23NO2. The van der Waals surface area contributed by atoms with Crippen molar-refractivity contribution in [2.75, 3.05) is 26.9 Å². The van der Waals surface area contributed by atoms with Crippen molar-refractivity contribution in [3.05, 3.63) is 0 Å². The smallest absolute Gasteiger partial charge is 0.0585 e. The predicted molar refractivity (Wildman–Crippen MR) is 57.3 cm³/mol. The zero-order chi connectivity index (χ0) is 10.2. The number of nitrogens with one attached hydrogen (secondary N) is 1. The van der Waals surface area contributed by atoms with Crippen molar-refractivity contribution in [1.29, 1.82) is 0 Å². The number of aliphatic hydroxyl groups excluding tert-OH is 1. The molecule has 0 aromatic heterocycles. The number of rotatable bonds is 8. The summed E-state index contributed by atoms with van der Waals surface area (Å²) in [4.78, 5) is 0. The third-order valence-corrected chi connectivity index (χ3v) is 3.13. The minimum atomic E-state index is 0.193. The summed E-state index contributed by atoms with van der Waals surface area (Å²) in [5.74, 6) is 0.938. The van der Waals surface area contributed by atoms with E-state index in [1.54, 1.807) is 0 Å². The van der Waals surface area contributed by atoms with Crippen LogP contribution in [0.5, 0.6) is 0 Å². The van der Waals surface area contributed by atoms with Crippen LogP contribution >= 0.6 is 0 Å². The van der Waals surface area contributed by atoms with Crippen molar-refractivity contribution >= 4 is 0 Å². The molecule has 0 amide bonds. The summed E-state index contributed by atoms with van der Waals surface area (Å²) < 4.78 is 5.52. The second-order valence-corrected chi connectivity index (χ2v) is 4.15. The van der Waals surface area contributed by atoms with Crippen LogP contribution in [0.1, 0.15) is 32.1 Å². The maximum atomic E-state index is 8.90. The van der Waals surface area contributed by atoms with Gasteiger partial charge in [0.05, 0.1) is 6.61 Å². The van der Waals surface area contributed by atoms with Gasteiger partial charge in [-0.2, -0.15) is 0 Å². The molecule has 0 radical (unpaired) electrons. The Hall–Kier alpha value is -0.120. The van der Waals surface area contributed by atoms with Gasteiger partial charge in [-0.15, -0.1) is 0 Å². The summed E-state index contributed by atoms with van der Waals surface area (Å²) in [6.07, 6.45) is 6.34. The van der Waals surface area contributed by atoms with Crippen molar-refractivity contribution < 1.29 is 9.84 Å². The van der Waals surface area contributed by atoms with Crippen LogP contribution in [0, 0.1) is 5.92 Å². The highest BCUT2D eigenvalue weighted by atomic mass is 16.5. The highest BCUT2D eigenvalue weighted by Gasteiger charge is 2.16. The monoisotopic (exact) mass is 201 g/mol. The lowest BCUT2D eigenvalue weighted by atomic mass is 9.83. The molecule has 1 fully saturated rings. The molecule has 0 spiro atoms. The van der Waals surface area contributed by atoms with E-state index in [9.17, 15) is 0 Å². The van der Waals surface area contributed by atoms with Crippen LogP contribution in [-0.2, 0) is 4.74 Å². The van der Waals surface area contributed by atoms with E-state index in [2.05, 4.69) is 5.32 Å². The summed E-state index contributed by atoms with van der Waals surface area (Å²) in [5, 5.41) is 11.9. The third-order valence-electron chi connectivity index (χ3n) is 3.13. The quantitative estimate of drug-likeness (QED) is 0.579. The van der Waals surface area contributed by atoms with Crippen LogP contribution in [0.25, 0.3) is 0 Å². The first-order valence-corrected chi connectivity index (χ1v) is 5.72. The molecule has 3 heteroatoms. The Morgan fingerprint density at radius 3 is 2.71 bits per heavy atom. The van der Waals surface area contributed by atoms with E-state index >= 15 is 0 Å². The summed E-state index contributed by atoms with van der Waals surface area (Å²) in [6, 6.07) is 0.193. The molecule has 0 aliphatic heterocycles. The topological polar surface area (TPSA) is 41.5 Å². The van der Waals surface area contributed by atoms with Crippen molar-refractivity contribution in [3.63, 3.8) is 0 Å². The molecule has 1 saturated carbocycles. The summed E-state index contributed by atoms with van der Waals surface area (Å²) in [5.41, 5.74) is 0. The molecular weight excluding hydrogens is 178 g/mol. The molecule has 14 heavy (non-hydrogen) atoms. The molecule has 1 unspecified atom stereocenters. The Labute approximate surface area is 86.8 Å². The van der Waals surface area contributed by atoms with Crippen molar-refractivity contribution in [1.82, 2.24) is 5.32 Å². The van der Waals surface area contributed by atoms with E-state index in [0.717, 1.165) is 25.6 Å². The van der Waals surface area contributed by atoms with E-state index in [1.807, 2.05) is 7.05 Å². The van der Waals surface area contributed by atoms with Gasteiger partial charge in [0.25, 0.3) is 0 Å². The zero-order valence-corrected chi connectivity index (χ0v) is 9.17. The van der Waals surface area contributed by atoms with Crippen molar-refractivity contribution in [2.24, 2.45) is 5.92 Å². The van der Waals surface area contributed by atoms with Gasteiger partial charge in [-0.25, -0.2) is 0 Å². The minimum Gasteiger partial charge on any atom is -0.395 e. The van der Waals surface area contributed by atoms with Crippen LogP contribution < -0.4 is 5.32 Å². The second-order valence-electron chi connectivity index (χ2n) is 4.15. The zero-order valence-electron chi connectivity index (χ0n) is 9.17. The Morgan fingerprint density at radius 2 is 2.21 bits per heavy atom. The molecule has 0 aromatic carbocycles. The Morgan fingerprint density at radius 1 is 1.43 bits per heavy atom. The number of hydrogen-bond acceptors (Lipinski definition) is 3. The molecule has 2 N–H and O–H groups in total. The lowest BCUT2D eigenvalue weighted by Crippen LogP contribution is -2.30. The van der Waals surface area contributed by atoms with Gasteiger partial charge in [-0.05, 0) is 25.8 Å². The van der Waals surface area contributed by atoms with Gasteiger partial charge in [-0.3, -0.25) is 0 Å². The fourth-order valence-corrected chi connectivity index (χ4v) is 1.69. The highest BCUT2D eigenvalue weighted by molar-refractivity contribution is 4.69. The fraction of sp³-hybridized carbons (Fsp3) is 1.00. The Balaban J connectivity index is 1.83. The van der Waals surface area contributed by atoms with Crippen LogP contribution in [0.3, 0.4) is 0 Å². The number of aliphatic hydroxyl groups is 1. The molecule has 1 aliphatic rings. The first-order valence-electron chi connectivity index (χ1n) is 5.72. The maximum Gasteiger partial charge on any atom is 0.0585 e. The molecule has 1 aliphatic carbocycles. The molecule has 0 heterocycles.